The predicted molar refractivity (Wildman–Crippen MR) is 68.7 cm³/mol. The molecule has 0 atom stereocenters. The molecule has 0 unspecified atom stereocenters. The standard InChI is InChI=1S/C12H12N2Se2/c1-9-3-5-13-11(7-9)15-16-12-8-10(2)4-6-14-12/h3-8H,1-2H3. The Balaban J connectivity index is 2.02. The van der Waals surface area contributed by atoms with Gasteiger partial charge in [0.05, 0.1) is 0 Å². The van der Waals surface area contributed by atoms with E-state index < -0.39 is 0 Å². The fraction of sp³-hybridized carbons (Fsp3) is 0.167. The summed E-state index contributed by atoms with van der Waals surface area (Å²) < 4.78 is 2.46. The normalized spacial score (nSPS) is 10.4. The second kappa shape index (κ2) is 5.60. The van der Waals surface area contributed by atoms with Crippen LogP contribution < -0.4 is 9.18 Å². The molecular formula is C12H12N2Se2. The first kappa shape index (κ1) is 11.8. The van der Waals surface area contributed by atoms with Crippen molar-refractivity contribution in [3.8, 4) is 0 Å². The van der Waals surface area contributed by atoms with Gasteiger partial charge in [0.15, 0.2) is 0 Å². The average Bonchev–Trinajstić information content (AvgIpc) is 2.27. The third-order valence-electron chi connectivity index (χ3n) is 1.99. The van der Waals surface area contributed by atoms with Crippen molar-refractivity contribution >= 4 is 35.4 Å². The molecule has 0 radical (unpaired) electrons. The van der Waals surface area contributed by atoms with Gasteiger partial charge in [-0.15, -0.1) is 0 Å². The number of hydrogen-bond acceptors (Lipinski definition) is 2. The van der Waals surface area contributed by atoms with Crippen molar-refractivity contribution in [2.75, 3.05) is 0 Å². The van der Waals surface area contributed by atoms with E-state index in [4.69, 9.17) is 0 Å². The number of hydrogen-bond donors (Lipinski definition) is 0. The molecule has 0 aliphatic carbocycles. The van der Waals surface area contributed by atoms with E-state index in [-0.39, 0.29) is 0 Å². The van der Waals surface area contributed by atoms with Gasteiger partial charge in [0, 0.05) is 0 Å². The zero-order valence-corrected chi connectivity index (χ0v) is 12.6. The van der Waals surface area contributed by atoms with Crippen molar-refractivity contribution in [1.82, 2.24) is 9.97 Å². The summed E-state index contributed by atoms with van der Waals surface area (Å²) in [4.78, 5) is 8.79. The van der Waals surface area contributed by atoms with Crippen LogP contribution in [0, 0.1) is 13.8 Å². The van der Waals surface area contributed by atoms with E-state index in [1.807, 2.05) is 24.5 Å². The second-order valence-corrected chi connectivity index (χ2v) is 9.60. The summed E-state index contributed by atoms with van der Waals surface area (Å²) in [6, 6.07) is 8.43. The molecular weight excluding hydrogens is 330 g/mol. The molecule has 2 aromatic rings. The fourth-order valence-corrected chi connectivity index (χ4v) is 6.82. The molecule has 0 spiro atoms. The number of aryl methyl sites for hydroxylation is 2. The van der Waals surface area contributed by atoms with E-state index in [1.54, 1.807) is 0 Å². The Kier molecular flexibility index (Phi) is 4.14. The van der Waals surface area contributed by atoms with Crippen LogP contribution >= 0.6 is 0 Å². The first-order valence-electron chi connectivity index (χ1n) is 4.94. The summed E-state index contributed by atoms with van der Waals surface area (Å²) in [7, 11) is 0. The maximum absolute atomic E-state index is 4.39. The van der Waals surface area contributed by atoms with E-state index in [1.165, 1.54) is 20.3 Å². The molecule has 0 amide bonds. The van der Waals surface area contributed by atoms with Crippen molar-refractivity contribution in [2.24, 2.45) is 0 Å². The summed E-state index contributed by atoms with van der Waals surface area (Å²) in [6.45, 7) is 4.22. The van der Waals surface area contributed by atoms with Crippen LogP contribution in [-0.2, 0) is 0 Å². The van der Waals surface area contributed by atoms with E-state index >= 15 is 0 Å². The van der Waals surface area contributed by atoms with E-state index in [0.29, 0.717) is 26.3 Å². The molecule has 2 heterocycles. The third kappa shape index (κ3) is 3.43. The van der Waals surface area contributed by atoms with Crippen LogP contribution in [0.1, 0.15) is 11.1 Å². The Morgan fingerprint density at radius 2 is 1.25 bits per heavy atom. The van der Waals surface area contributed by atoms with Crippen LogP contribution in [0.3, 0.4) is 0 Å². The molecule has 0 bridgehead atoms. The predicted octanol–water partition coefficient (Wildman–Crippen LogP) is 0.368. The second-order valence-electron chi connectivity index (χ2n) is 3.51. The molecule has 82 valence electrons. The monoisotopic (exact) mass is 344 g/mol. The van der Waals surface area contributed by atoms with Crippen molar-refractivity contribution in [2.45, 2.75) is 13.8 Å². The Labute approximate surface area is 107 Å². The van der Waals surface area contributed by atoms with Gasteiger partial charge in [0.1, 0.15) is 0 Å². The molecule has 0 aromatic carbocycles. The van der Waals surface area contributed by atoms with Gasteiger partial charge in [-0.25, -0.2) is 0 Å². The molecule has 2 aromatic heterocycles. The zero-order chi connectivity index (χ0) is 11.4. The molecule has 0 fully saturated rings. The topological polar surface area (TPSA) is 25.8 Å². The SMILES string of the molecule is Cc1ccnc([Se][Se]c2cc(C)ccn2)c1. The minimum atomic E-state index is 0.444. The summed E-state index contributed by atoms with van der Waals surface area (Å²) in [5.41, 5.74) is 2.58. The third-order valence-corrected chi connectivity index (χ3v) is 8.45. The van der Waals surface area contributed by atoms with Crippen molar-refractivity contribution in [1.29, 1.82) is 0 Å². The van der Waals surface area contributed by atoms with Gasteiger partial charge in [-0.05, 0) is 0 Å². The average molecular weight is 342 g/mol. The Bertz CT molecular complexity index is 440. The van der Waals surface area contributed by atoms with Crippen LogP contribution in [0.4, 0.5) is 0 Å². The molecule has 16 heavy (non-hydrogen) atoms. The van der Waals surface area contributed by atoms with Gasteiger partial charge < -0.3 is 0 Å². The molecule has 0 N–H and O–H groups in total. The van der Waals surface area contributed by atoms with E-state index in [2.05, 4.69) is 35.9 Å². The van der Waals surface area contributed by atoms with Gasteiger partial charge in [-0.2, -0.15) is 0 Å². The van der Waals surface area contributed by atoms with Crippen molar-refractivity contribution < 1.29 is 0 Å². The molecule has 0 saturated carbocycles. The van der Waals surface area contributed by atoms with Gasteiger partial charge >= 0.3 is 107 Å². The van der Waals surface area contributed by atoms with Crippen LogP contribution in [0.5, 0.6) is 0 Å². The first-order chi connectivity index (χ1) is 7.74. The van der Waals surface area contributed by atoms with Crippen molar-refractivity contribution in [3.63, 3.8) is 0 Å². The summed E-state index contributed by atoms with van der Waals surface area (Å²) in [5.74, 6) is 0. The Morgan fingerprint density at radius 1 is 0.812 bits per heavy atom. The first-order valence-corrected chi connectivity index (χ1v) is 11.0. The van der Waals surface area contributed by atoms with Crippen LogP contribution in [-0.4, -0.2) is 36.2 Å². The Hall–Kier alpha value is -0.661. The van der Waals surface area contributed by atoms with E-state index in [0.717, 1.165) is 0 Å². The quantitative estimate of drug-likeness (QED) is 0.754. The number of rotatable bonds is 3. The summed E-state index contributed by atoms with van der Waals surface area (Å²) >= 11 is 0.889. The summed E-state index contributed by atoms with van der Waals surface area (Å²) in [5, 5.41) is 0. The molecule has 2 nitrogen and oxygen atoms in total. The van der Waals surface area contributed by atoms with Crippen LogP contribution in [0.25, 0.3) is 0 Å². The summed E-state index contributed by atoms with van der Waals surface area (Å²) in [6.07, 6.45) is 3.79. The Morgan fingerprint density at radius 3 is 1.62 bits per heavy atom. The minimum absolute atomic E-state index is 0.444. The van der Waals surface area contributed by atoms with Gasteiger partial charge in [0.2, 0.25) is 0 Å². The van der Waals surface area contributed by atoms with Crippen LogP contribution in [0.2, 0.25) is 0 Å². The molecule has 0 saturated heterocycles. The van der Waals surface area contributed by atoms with E-state index in [9.17, 15) is 0 Å². The van der Waals surface area contributed by atoms with Gasteiger partial charge in [-0.1, -0.05) is 0 Å². The number of pyridine rings is 2. The molecule has 0 aliphatic rings. The fourth-order valence-electron chi connectivity index (χ4n) is 1.19. The molecule has 0 aliphatic heterocycles. The van der Waals surface area contributed by atoms with Gasteiger partial charge in [-0.3, -0.25) is 0 Å². The van der Waals surface area contributed by atoms with Crippen LogP contribution in [0.15, 0.2) is 36.7 Å². The molecule has 2 rings (SSSR count). The number of aromatic nitrogens is 2. The molecule has 4 heteroatoms. The number of nitrogens with zero attached hydrogens (tertiary/aromatic N) is 2. The maximum atomic E-state index is 4.39. The van der Waals surface area contributed by atoms with Crippen molar-refractivity contribution in [3.05, 3.63) is 47.8 Å². The van der Waals surface area contributed by atoms with Gasteiger partial charge in [0.25, 0.3) is 0 Å². The zero-order valence-electron chi connectivity index (χ0n) is 9.18.